The van der Waals surface area contributed by atoms with Crippen LogP contribution in [0.5, 0.6) is 0 Å². The topological polar surface area (TPSA) is 75.7 Å². The summed E-state index contributed by atoms with van der Waals surface area (Å²) in [5.74, 6) is -0.140. The molecule has 1 aliphatic carbocycles. The van der Waals surface area contributed by atoms with Gasteiger partial charge in [0.1, 0.15) is 0 Å². The number of benzene rings is 2. The van der Waals surface area contributed by atoms with Crippen molar-refractivity contribution in [3.05, 3.63) is 75.0 Å². The van der Waals surface area contributed by atoms with Gasteiger partial charge in [-0.05, 0) is 24.0 Å². The molecular formula is C21H12ClN3O2S. The number of halogens is 1. The zero-order valence-electron chi connectivity index (χ0n) is 14.6. The monoisotopic (exact) mass is 405 g/mol. The molecule has 136 valence electrons. The summed E-state index contributed by atoms with van der Waals surface area (Å²) in [7, 11) is 0. The molecule has 0 radical (unpaired) electrons. The van der Waals surface area contributed by atoms with Crippen LogP contribution in [-0.2, 0) is 0 Å². The van der Waals surface area contributed by atoms with Crippen LogP contribution in [0.2, 0.25) is 5.02 Å². The Labute approximate surface area is 168 Å². The first-order valence-corrected chi connectivity index (χ1v) is 10.1. The molecule has 2 heterocycles. The molecule has 0 amide bonds. The summed E-state index contributed by atoms with van der Waals surface area (Å²) in [6.45, 7) is 0. The Balaban J connectivity index is 1.98. The van der Waals surface area contributed by atoms with Crippen molar-refractivity contribution in [3.8, 4) is 22.4 Å². The number of hydrogen-bond acceptors (Lipinski definition) is 5. The van der Waals surface area contributed by atoms with Crippen molar-refractivity contribution < 1.29 is 4.79 Å². The molecule has 4 aromatic rings. The second-order valence-corrected chi connectivity index (χ2v) is 7.60. The van der Waals surface area contributed by atoms with E-state index in [4.69, 9.17) is 11.6 Å². The van der Waals surface area contributed by atoms with E-state index >= 15 is 0 Å². The van der Waals surface area contributed by atoms with E-state index in [1.807, 2.05) is 24.5 Å². The minimum Gasteiger partial charge on any atom is -0.301 e. The van der Waals surface area contributed by atoms with Crippen LogP contribution in [0.15, 0.2) is 58.5 Å². The predicted molar refractivity (Wildman–Crippen MR) is 111 cm³/mol. The number of H-pyrrole nitrogens is 1. The third-order valence-electron chi connectivity index (χ3n) is 4.81. The fraction of sp³-hybridized carbons (Fsp3) is 0.0476. The summed E-state index contributed by atoms with van der Waals surface area (Å²) < 4.78 is 0. The zero-order valence-corrected chi connectivity index (χ0v) is 16.2. The smallest absolute Gasteiger partial charge is 0.261 e. The first kappa shape index (κ1) is 17.2. The summed E-state index contributed by atoms with van der Waals surface area (Å²) >= 11 is 7.37. The van der Waals surface area contributed by atoms with Crippen LogP contribution in [0.4, 0.5) is 0 Å². The highest BCUT2D eigenvalue weighted by Gasteiger charge is 2.33. The third kappa shape index (κ3) is 2.42. The molecule has 0 fully saturated rings. The fourth-order valence-corrected chi connectivity index (χ4v) is 4.09. The van der Waals surface area contributed by atoms with Crippen molar-refractivity contribution in [2.45, 2.75) is 5.16 Å². The first-order valence-electron chi connectivity index (χ1n) is 8.50. The lowest BCUT2D eigenvalue weighted by Gasteiger charge is -2.12. The SMILES string of the molecule is CSc1nc2nc3c(c(-c4ccc(Cl)cc4)c2c(=O)[nH]1)C(=O)c1ccccc1-3. The predicted octanol–water partition coefficient (Wildman–Crippen LogP) is 4.57. The molecule has 0 saturated heterocycles. The number of ketones is 1. The molecule has 2 aromatic heterocycles. The number of pyridine rings is 1. The molecule has 7 heteroatoms. The van der Waals surface area contributed by atoms with Gasteiger partial charge in [0.05, 0.1) is 16.6 Å². The average molecular weight is 406 g/mol. The minimum absolute atomic E-state index is 0.140. The Morgan fingerprint density at radius 1 is 0.929 bits per heavy atom. The van der Waals surface area contributed by atoms with Gasteiger partial charge in [0.25, 0.3) is 5.56 Å². The first-order chi connectivity index (χ1) is 13.6. The molecule has 0 spiro atoms. The molecule has 0 atom stereocenters. The Bertz CT molecular complexity index is 1350. The number of thioether (sulfide) groups is 1. The van der Waals surface area contributed by atoms with E-state index < -0.39 is 0 Å². The Morgan fingerprint density at radius 2 is 1.64 bits per heavy atom. The average Bonchev–Trinajstić information content (AvgIpc) is 2.99. The molecule has 0 bridgehead atoms. The van der Waals surface area contributed by atoms with Crippen LogP contribution < -0.4 is 5.56 Å². The number of aromatic amines is 1. The number of aromatic nitrogens is 3. The van der Waals surface area contributed by atoms with Crippen molar-refractivity contribution in [2.75, 3.05) is 6.26 Å². The quantitative estimate of drug-likeness (QED) is 0.344. The van der Waals surface area contributed by atoms with Gasteiger partial charge in [-0.1, -0.05) is 59.8 Å². The van der Waals surface area contributed by atoms with E-state index in [9.17, 15) is 9.59 Å². The number of hydrogen-bond donors (Lipinski definition) is 1. The summed E-state index contributed by atoms with van der Waals surface area (Å²) in [5.41, 5.74) is 3.59. The van der Waals surface area contributed by atoms with Gasteiger partial charge in [-0.3, -0.25) is 9.59 Å². The third-order valence-corrected chi connectivity index (χ3v) is 5.65. The molecular weight excluding hydrogens is 394 g/mol. The minimum atomic E-state index is -0.321. The van der Waals surface area contributed by atoms with Gasteiger partial charge in [0.2, 0.25) is 0 Å². The number of nitrogens with zero attached hydrogens (tertiary/aromatic N) is 2. The maximum Gasteiger partial charge on any atom is 0.261 e. The molecule has 5 nitrogen and oxygen atoms in total. The van der Waals surface area contributed by atoms with Crippen molar-refractivity contribution in [1.29, 1.82) is 0 Å². The second kappa shape index (κ2) is 6.29. The van der Waals surface area contributed by atoms with Gasteiger partial charge in [-0.2, -0.15) is 0 Å². The molecule has 0 saturated carbocycles. The molecule has 1 aliphatic rings. The maximum atomic E-state index is 13.2. The van der Waals surface area contributed by atoms with Crippen molar-refractivity contribution in [2.24, 2.45) is 0 Å². The fourth-order valence-electron chi connectivity index (χ4n) is 3.59. The highest BCUT2D eigenvalue weighted by Crippen LogP contribution is 2.42. The summed E-state index contributed by atoms with van der Waals surface area (Å²) in [5, 5.41) is 1.36. The van der Waals surface area contributed by atoms with Gasteiger partial charge in [-0.15, -0.1) is 0 Å². The maximum absolute atomic E-state index is 13.2. The number of fused-ring (bicyclic) bond motifs is 4. The molecule has 1 N–H and O–H groups in total. The summed E-state index contributed by atoms with van der Waals surface area (Å²) in [4.78, 5) is 38.0. The molecule has 2 aromatic carbocycles. The zero-order chi connectivity index (χ0) is 19.4. The lowest BCUT2D eigenvalue weighted by Crippen LogP contribution is -2.13. The molecule has 28 heavy (non-hydrogen) atoms. The Hall–Kier alpha value is -2.96. The van der Waals surface area contributed by atoms with Gasteiger partial charge in [-0.25, -0.2) is 9.97 Å². The molecule has 0 aliphatic heterocycles. The van der Waals surface area contributed by atoms with Crippen molar-refractivity contribution >= 4 is 40.2 Å². The van der Waals surface area contributed by atoms with E-state index in [-0.39, 0.29) is 11.3 Å². The highest BCUT2D eigenvalue weighted by molar-refractivity contribution is 7.98. The highest BCUT2D eigenvalue weighted by atomic mass is 35.5. The number of carbonyl (C=O) groups is 1. The van der Waals surface area contributed by atoms with Crippen LogP contribution in [-0.4, -0.2) is 27.0 Å². The molecule has 5 rings (SSSR count). The number of carbonyl (C=O) groups excluding carboxylic acids is 1. The van der Waals surface area contributed by atoms with Crippen molar-refractivity contribution in [1.82, 2.24) is 15.0 Å². The van der Waals surface area contributed by atoms with Gasteiger partial charge in [0, 0.05) is 21.7 Å². The lowest BCUT2D eigenvalue weighted by atomic mass is 9.95. The largest absolute Gasteiger partial charge is 0.301 e. The van der Waals surface area contributed by atoms with Crippen LogP contribution in [0.25, 0.3) is 33.4 Å². The Morgan fingerprint density at radius 3 is 2.36 bits per heavy atom. The van der Waals surface area contributed by atoms with Gasteiger partial charge >= 0.3 is 0 Å². The van der Waals surface area contributed by atoms with Gasteiger partial charge < -0.3 is 4.98 Å². The number of rotatable bonds is 2. The van der Waals surface area contributed by atoms with E-state index in [2.05, 4.69) is 15.0 Å². The van der Waals surface area contributed by atoms with E-state index in [1.165, 1.54) is 11.8 Å². The number of nitrogens with one attached hydrogen (secondary N) is 1. The normalized spacial score (nSPS) is 12.3. The van der Waals surface area contributed by atoms with Crippen LogP contribution in [0.3, 0.4) is 0 Å². The summed E-state index contributed by atoms with van der Waals surface area (Å²) in [6, 6.07) is 14.4. The second-order valence-electron chi connectivity index (χ2n) is 6.37. The summed E-state index contributed by atoms with van der Waals surface area (Å²) in [6.07, 6.45) is 1.83. The molecule has 0 unspecified atom stereocenters. The van der Waals surface area contributed by atoms with Gasteiger partial charge in [0.15, 0.2) is 16.6 Å². The van der Waals surface area contributed by atoms with E-state index in [1.54, 1.807) is 30.3 Å². The van der Waals surface area contributed by atoms with Crippen molar-refractivity contribution in [3.63, 3.8) is 0 Å². The van der Waals surface area contributed by atoms with Crippen LogP contribution >= 0.6 is 23.4 Å². The standard InChI is InChI=1S/C21H12ClN3O2S/c1-28-21-24-19-16(20(27)25-21)14(10-6-8-11(22)9-7-10)15-17(23-19)12-4-2-3-5-13(12)18(15)26/h2-9H,1H3,(H,23,24,25,27). The van der Waals surface area contributed by atoms with Crippen LogP contribution in [0, 0.1) is 0 Å². The van der Waals surface area contributed by atoms with Crippen LogP contribution in [0.1, 0.15) is 15.9 Å². The van der Waals surface area contributed by atoms with E-state index in [0.29, 0.717) is 43.6 Å². The van der Waals surface area contributed by atoms with E-state index in [0.717, 1.165) is 11.1 Å². The lowest BCUT2D eigenvalue weighted by molar-refractivity contribution is 0.104. The Kier molecular flexibility index (Phi) is 3.86.